The van der Waals surface area contributed by atoms with Gasteiger partial charge in [0, 0.05) is 16.2 Å². The van der Waals surface area contributed by atoms with E-state index in [4.69, 9.17) is 0 Å². The summed E-state index contributed by atoms with van der Waals surface area (Å²) < 4.78 is 2.96. The Labute approximate surface area is 86.5 Å². The molecular weight excluding hydrogens is 263 g/mol. The molecule has 0 N–H and O–H groups in total. The monoisotopic (exact) mass is 276 g/mol. The van der Waals surface area contributed by atoms with Crippen LogP contribution in [0, 0.1) is 0 Å². The molecule has 2 rings (SSSR count). The molecular formula is C9H13IN2. The van der Waals surface area contributed by atoms with Crippen LogP contribution in [-0.2, 0) is 19.4 Å². The number of hydrogen-bond donors (Lipinski definition) is 0. The zero-order chi connectivity index (χ0) is 8.55. The van der Waals surface area contributed by atoms with Crippen LogP contribution in [0.25, 0.3) is 0 Å². The lowest BCUT2D eigenvalue weighted by atomic mass is 9.98. The minimum absolute atomic E-state index is 0.824. The van der Waals surface area contributed by atoms with Crippen molar-refractivity contribution in [3.8, 4) is 0 Å². The van der Waals surface area contributed by atoms with Crippen molar-refractivity contribution in [2.45, 2.75) is 36.7 Å². The fraction of sp³-hybridized carbons (Fsp3) is 0.667. The first-order valence-electron chi connectivity index (χ1n) is 4.49. The highest BCUT2D eigenvalue weighted by molar-refractivity contribution is 14.1. The minimum atomic E-state index is 0.824. The average Bonchev–Trinajstić information content (AvgIpc) is 2.46. The summed E-state index contributed by atoms with van der Waals surface area (Å²) in [6.07, 6.45) is 5.80. The van der Waals surface area contributed by atoms with E-state index in [2.05, 4.69) is 39.3 Å². The lowest BCUT2D eigenvalue weighted by molar-refractivity contribution is 0.591. The van der Waals surface area contributed by atoms with E-state index in [0.717, 1.165) is 10.5 Å². The van der Waals surface area contributed by atoms with Crippen LogP contribution in [0.5, 0.6) is 0 Å². The summed E-state index contributed by atoms with van der Waals surface area (Å²) in [5, 5.41) is 4.36. The maximum atomic E-state index is 4.36. The van der Waals surface area contributed by atoms with Crippen molar-refractivity contribution in [1.82, 2.24) is 9.78 Å². The summed E-state index contributed by atoms with van der Waals surface area (Å²) >= 11 is 2.54. The fourth-order valence-electron chi connectivity index (χ4n) is 1.82. The largest absolute Gasteiger partial charge is 0.270 e. The highest BCUT2D eigenvalue weighted by Gasteiger charge is 2.19. The van der Waals surface area contributed by atoms with Gasteiger partial charge in [0.15, 0.2) is 0 Å². The summed E-state index contributed by atoms with van der Waals surface area (Å²) in [5.74, 6) is 0. The van der Waals surface area contributed by atoms with Crippen LogP contribution in [0.2, 0.25) is 0 Å². The molecule has 0 aromatic carbocycles. The average molecular weight is 276 g/mol. The van der Waals surface area contributed by atoms with Gasteiger partial charge in [-0.15, -0.1) is 0 Å². The quantitative estimate of drug-likeness (QED) is 0.568. The van der Waals surface area contributed by atoms with Crippen LogP contribution < -0.4 is 0 Å². The van der Waals surface area contributed by atoms with Gasteiger partial charge in [0.25, 0.3) is 0 Å². The van der Waals surface area contributed by atoms with Gasteiger partial charge in [0.1, 0.15) is 0 Å². The topological polar surface area (TPSA) is 17.8 Å². The van der Waals surface area contributed by atoms with Crippen molar-refractivity contribution in [1.29, 1.82) is 0 Å². The SMILES string of the molecule is CCn1ncc2c1CCC(I)C2. The molecule has 1 aliphatic carbocycles. The lowest BCUT2D eigenvalue weighted by Crippen LogP contribution is -2.15. The molecule has 0 amide bonds. The van der Waals surface area contributed by atoms with E-state index >= 15 is 0 Å². The minimum Gasteiger partial charge on any atom is -0.270 e. The predicted molar refractivity (Wildman–Crippen MR) is 57.7 cm³/mol. The lowest BCUT2D eigenvalue weighted by Gasteiger charge is -2.17. The van der Waals surface area contributed by atoms with E-state index in [9.17, 15) is 0 Å². The molecule has 1 heterocycles. The van der Waals surface area contributed by atoms with Crippen LogP contribution in [0.4, 0.5) is 0 Å². The van der Waals surface area contributed by atoms with E-state index in [1.807, 2.05) is 6.20 Å². The molecule has 0 fully saturated rings. The number of aryl methyl sites for hydroxylation is 1. The third-order valence-electron chi connectivity index (χ3n) is 2.47. The number of aromatic nitrogens is 2. The maximum absolute atomic E-state index is 4.36. The van der Waals surface area contributed by atoms with Crippen LogP contribution in [0.3, 0.4) is 0 Å². The van der Waals surface area contributed by atoms with Crippen molar-refractivity contribution in [2.24, 2.45) is 0 Å². The number of fused-ring (bicyclic) bond motifs is 1. The number of hydrogen-bond acceptors (Lipinski definition) is 1. The molecule has 0 bridgehead atoms. The normalized spacial score (nSPS) is 22.3. The van der Waals surface area contributed by atoms with Gasteiger partial charge in [-0.1, -0.05) is 22.6 Å². The molecule has 12 heavy (non-hydrogen) atoms. The van der Waals surface area contributed by atoms with Gasteiger partial charge in [-0.05, 0) is 31.7 Å². The van der Waals surface area contributed by atoms with Crippen LogP contribution in [-0.4, -0.2) is 13.7 Å². The first-order chi connectivity index (χ1) is 5.81. The Hall–Kier alpha value is -0.0600. The zero-order valence-corrected chi connectivity index (χ0v) is 9.41. The fourth-order valence-corrected chi connectivity index (χ4v) is 2.60. The Kier molecular flexibility index (Phi) is 2.39. The van der Waals surface area contributed by atoms with Crippen LogP contribution in [0.1, 0.15) is 24.6 Å². The summed E-state index contributed by atoms with van der Waals surface area (Å²) in [4.78, 5) is 0. The van der Waals surface area contributed by atoms with Gasteiger partial charge in [-0.25, -0.2) is 0 Å². The Bertz CT molecular complexity index is 280. The summed E-state index contributed by atoms with van der Waals surface area (Å²) in [6.45, 7) is 3.17. The van der Waals surface area contributed by atoms with Crippen molar-refractivity contribution in [2.75, 3.05) is 0 Å². The highest BCUT2D eigenvalue weighted by atomic mass is 127. The molecule has 1 aromatic rings. The molecule has 0 saturated carbocycles. The predicted octanol–water partition coefficient (Wildman–Crippen LogP) is 2.20. The second-order valence-electron chi connectivity index (χ2n) is 3.27. The summed E-state index contributed by atoms with van der Waals surface area (Å²) in [6, 6.07) is 0. The van der Waals surface area contributed by atoms with E-state index in [1.165, 1.54) is 30.5 Å². The number of rotatable bonds is 1. The molecule has 2 nitrogen and oxygen atoms in total. The second-order valence-corrected chi connectivity index (χ2v) is 5.03. The van der Waals surface area contributed by atoms with E-state index < -0.39 is 0 Å². The zero-order valence-electron chi connectivity index (χ0n) is 7.26. The molecule has 3 heteroatoms. The number of nitrogens with zero attached hydrogens (tertiary/aromatic N) is 2. The Morgan fingerprint density at radius 2 is 2.58 bits per heavy atom. The van der Waals surface area contributed by atoms with Crippen molar-refractivity contribution in [3.63, 3.8) is 0 Å². The number of alkyl halides is 1. The van der Waals surface area contributed by atoms with Gasteiger partial charge in [0.05, 0.1) is 6.20 Å². The summed E-state index contributed by atoms with van der Waals surface area (Å²) in [7, 11) is 0. The maximum Gasteiger partial charge on any atom is 0.0525 e. The highest BCUT2D eigenvalue weighted by Crippen LogP contribution is 2.25. The van der Waals surface area contributed by atoms with Gasteiger partial charge < -0.3 is 0 Å². The van der Waals surface area contributed by atoms with Crippen molar-refractivity contribution >= 4 is 22.6 Å². The molecule has 0 spiro atoms. The van der Waals surface area contributed by atoms with E-state index in [1.54, 1.807) is 0 Å². The molecule has 1 aromatic heterocycles. The molecule has 66 valence electrons. The second kappa shape index (κ2) is 3.36. The Morgan fingerprint density at radius 1 is 1.75 bits per heavy atom. The molecule has 1 unspecified atom stereocenters. The van der Waals surface area contributed by atoms with Crippen LogP contribution >= 0.6 is 22.6 Å². The Morgan fingerprint density at radius 3 is 3.33 bits per heavy atom. The van der Waals surface area contributed by atoms with Gasteiger partial charge in [0.2, 0.25) is 0 Å². The third kappa shape index (κ3) is 1.39. The molecule has 0 saturated heterocycles. The van der Waals surface area contributed by atoms with E-state index in [-0.39, 0.29) is 0 Å². The summed E-state index contributed by atoms with van der Waals surface area (Å²) in [5.41, 5.74) is 2.95. The molecule has 0 aliphatic heterocycles. The first-order valence-corrected chi connectivity index (χ1v) is 5.73. The van der Waals surface area contributed by atoms with Gasteiger partial charge in [-0.3, -0.25) is 4.68 Å². The standard InChI is InChI=1S/C9H13IN2/c1-2-12-9-4-3-8(10)5-7(9)6-11-12/h6,8H,2-5H2,1H3. The third-order valence-corrected chi connectivity index (χ3v) is 3.53. The van der Waals surface area contributed by atoms with Gasteiger partial charge in [-0.2, -0.15) is 5.10 Å². The molecule has 1 aliphatic rings. The Balaban J connectivity index is 2.32. The number of halogens is 1. The molecule has 0 radical (unpaired) electrons. The van der Waals surface area contributed by atoms with Crippen LogP contribution in [0.15, 0.2) is 6.20 Å². The van der Waals surface area contributed by atoms with E-state index in [0.29, 0.717) is 0 Å². The smallest absolute Gasteiger partial charge is 0.0525 e. The van der Waals surface area contributed by atoms with Crippen molar-refractivity contribution < 1.29 is 0 Å². The first kappa shape index (κ1) is 8.53. The van der Waals surface area contributed by atoms with Crippen molar-refractivity contribution in [3.05, 3.63) is 17.5 Å². The van der Waals surface area contributed by atoms with Gasteiger partial charge >= 0.3 is 0 Å². The molecule has 1 atom stereocenters.